The van der Waals surface area contributed by atoms with Crippen molar-refractivity contribution in [2.75, 3.05) is 26.0 Å². The molecule has 1 aliphatic heterocycles. The zero-order chi connectivity index (χ0) is 22.2. The van der Waals surface area contributed by atoms with Gasteiger partial charge in [-0.05, 0) is 42.3 Å². The molecule has 162 valence electrons. The van der Waals surface area contributed by atoms with Crippen LogP contribution in [0.15, 0.2) is 52.7 Å². The molecule has 3 aromatic rings. The predicted molar refractivity (Wildman–Crippen MR) is 121 cm³/mol. The second kappa shape index (κ2) is 8.58. The standard InChI is InChI=1S/C21H20ClN3O4S2/c1-25(2)31(27,28)17-6-3-13(4-7-17)18-12-30-21(23-18)24-20(26)15-9-14-10-16(22)5-8-19(14)29-11-15/h3-8,10,12,15H,9,11H2,1-2H3,(H,23,24,26). The lowest BCUT2D eigenvalue weighted by Crippen LogP contribution is -2.32. The number of nitrogens with zero attached hydrogens (tertiary/aromatic N) is 2. The first kappa shape index (κ1) is 21.8. The summed E-state index contributed by atoms with van der Waals surface area (Å²) >= 11 is 7.35. The van der Waals surface area contributed by atoms with E-state index in [9.17, 15) is 13.2 Å². The summed E-state index contributed by atoms with van der Waals surface area (Å²) < 4.78 is 31.3. The number of carbonyl (C=O) groups is 1. The number of thiazole rings is 1. The zero-order valence-corrected chi connectivity index (χ0v) is 19.2. The number of rotatable bonds is 5. The Morgan fingerprint density at radius 2 is 1.97 bits per heavy atom. The van der Waals surface area contributed by atoms with Crippen LogP contribution in [0.3, 0.4) is 0 Å². The van der Waals surface area contributed by atoms with E-state index in [1.54, 1.807) is 30.3 Å². The van der Waals surface area contributed by atoms with Gasteiger partial charge in [-0.25, -0.2) is 17.7 Å². The van der Waals surface area contributed by atoms with Crippen molar-refractivity contribution in [2.24, 2.45) is 5.92 Å². The molecule has 0 saturated heterocycles. The third kappa shape index (κ3) is 4.59. The summed E-state index contributed by atoms with van der Waals surface area (Å²) in [4.78, 5) is 17.4. The van der Waals surface area contributed by atoms with Gasteiger partial charge in [-0.3, -0.25) is 4.79 Å². The summed E-state index contributed by atoms with van der Waals surface area (Å²) in [6.45, 7) is 0.292. The summed E-state index contributed by atoms with van der Waals surface area (Å²) in [6.07, 6.45) is 0.543. The minimum absolute atomic E-state index is 0.168. The van der Waals surface area contributed by atoms with E-state index < -0.39 is 10.0 Å². The molecule has 1 atom stereocenters. The Balaban J connectivity index is 1.44. The maximum Gasteiger partial charge on any atom is 0.242 e. The van der Waals surface area contributed by atoms with Gasteiger partial charge in [0.1, 0.15) is 12.4 Å². The lowest BCUT2D eigenvalue weighted by atomic mass is 9.96. The molecule has 0 bridgehead atoms. The van der Waals surface area contributed by atoms with E-state index in [-0.39, 0.29) is 16.7 Å². The first-order valence-corrected chi connectivity index (χ1v) is 12.1. The predicted octanol–water partition coefficient (Wildman–Crippen LogP) is 3.90. The van der Waals surface area contributed by atoms with Crippen molar-refractivity contribution < 1.29 is 17.9 Å². The fourth-order valence-electron chi connectivity index (χ4n) is 3.21. The Morgan fingerprint density at radius 3 is 2.68 bits per heavy atom. The quantitative estimate of drug-likeness (QED) is 0.602. The average molecular weight is 478 g/mol. The average Bonchev–Trinajstić information content (AvgIpc) is 3.21. The monoisotopic (exact) mass is 477 g/mol. The third-order valence-electron chi connectivity index (χ3n) is 4.96. The van der Waals surface area contributed by atoms with Crippen molar-refractivity contribution in [3.05, 3.63) is 58.4 Å². The third-order valence-corrected chi connectivity index (χ3v) is 7.78. The first-order valence-electron chi connectivity index (χ1n) is 9.44. The van der Waals surface area contributed by atoms with E-state index in [0.717, 1.165) is 16.9 Å². The Bertz CT molecular complexity index is 1220. The number of nitrogens with one attached hydrogen (secondary N) is 1. The van der Waals surface area contributed by atoms with Gasteiger partial charge >= 0.3 is 0 Å². The van der Waals surface area contributed by atoms with E-state index in [1.165, 1.54) is 29.7 Å². The van der Waals surface area contributed by atoms with Crippen LogP contribution in [-0.2, 0) is 21.2 Å². The van der Waals surface area contributed by atoms with Gasteiger partial charge in [0.2, 0.25) is 15.9 Å². The van der Waals surface area contributed by atoms with E-state index in [2.05, 4.69) is 10.3 Å². The number of ether oxygens (including phenoxy) is 1. The minimum Gasteiger partial charge on any atom is -0.492 e. The molecule has 1 N–H and O–H groups in total. The van der Waals surface area contributed by atoms with E-state index in [0.29, 0.717) is 28.9 Å². The summed E-state index contributed by atoms with van der Waals surface area (Å²) in [5.74, 6) is 0.248. The molecule has 1 unspecified atom stereocenters. The molecular formula is C21H20ClN3O4S2. The number of amides is 1. The topological polar surface area (TPSA) is 88.6 Å². The summed E-state index contributed by atoms with van der Waals surface area (Å²) in [7, 11) is -0.506. The minimum atomic E-state index is -3.48. The van der Waals surface area contributed by atoms with Crippen molar-refractivity contribution in [1.29, 1.82) is 0 Å². The fraction of sp³-hybridized carbons (Fsp3) is 0.238. The smallest absolute Gasteiger partial charge is 0.242 e. The molecule has 0 aliphatic carbocycles. The first-order chi connectivity index (χ1) is 14.7. The van der Waals surface area contributed by atoms with Crippen LogP contribution in [0.5, 0.6) is 5.75 Å². The number of aromatic nitrogens is 1. The summed E-state index contributed by atoms with van der Waals surface area (Å²) in [6, 6.07) is 11.9. The Hall–Kier alpha value is -2.46. The number of benzene rings is 2. The molecule has 0 radical (unpaired) electrons. The lowest BCUT2D eigenvalue weighted by molar-refractivity contribution is -0.121. The van der Waals surface area contributed by atoms with Gasteiger partial charge in [0.05, 0.1) is 16.5 Å². The van der Waals surface area contributed by atoms with Crippen LogP contribution in [0.4, 0.5) is 5.13 Å². The largest absolute Gasteiger partial charge is 0.492 e. The highest BCUT2D eigenvalue weighted by molar-refractivity contribution is 7.89. The molecule has 1 aromatic heterocycles. The van der Waals surface area contributed by atoms with E-state index in [4.69, 9.17) is 16.3 Å². The molecule has 1 amide bonds. The number of hydrogen-bond donors (Lipinski definition) is 1. The molecule has 4 rings (SSSR count). The van der Waals surface area contributed by atoms with Gasteiger partial charge < -0.3 is 10.1 Å². The maximum absolute atomic E-state index is 12.7. The van der Waals surface area contributed by atoms with Crippen molar-refractivity contribution in [3.63, 3.8) is 0 Å². The van der Waals surface area contributed by atoms with Crippen molar-refractivity contribution in [3.8, 4) is 17.0 Å². The highest BCUT2D eigenvalue weighted by Gasteiger charge is 2.27. The number of halogens is 1. The highest BCUT2D eigenvalue weighted by atomic mass is 35.5. The fourth-order valence-corrected chi connectivity index (χ4v) is 5.03. The molecule has 0 spiro atoms. The second-order valence-electron chi connectivity index (χ2n) is 7.30. The van der Waals surface area contributed by atoms with Crippen LogP contribution >= 0.6 is 22.9 Å². The van der Waals surface area contributed by atoms with Crippen molar-refractivity contribution in [1.82, 2.24) is 9.29 Å². The van der Waals surface area contributed by atoms with Crippen LogP contribution in [0.25, 0.3) is 11.3 Å². The van der Waals surface area contributed by atoms with Gasteiger partial charge in [0.15, 0.2) is 5.13 Å². The van der Waals surface area contributed by atoms with Gasteiger partial charge in [-0.2, -0.15) is 0 Å². The lowest BCUT2D eigenvalue weighted by Gasteiger charge is -2.24. The molecular weight excluding hydrogens is 458 g/mol. The highest BCUT2D eigenvalue weighted by Crippen LogP contribution is 2.31. The SMILES string of the molecule is CN(C)S(=O)(=O)c1ccc(-c2csc(NC(=O)C3COc4ccc(Cl)cc4C3)n2)cc1. The molecule has 2 heterocycles. The van der Waals surface area contributed by atoms with E-state index in [1.807, 2.05) is 17.5 Å². The van der Waals surface area contributed by atoms with Crippen LogP contribution < -0.4 is 10.1 Å². The molecule has 1 aliphatic rings. The Morgan fingerprint density at radius 1 is 1.23 bits per heavy atom. The van der Waals surface area contributed by atoms with Crippen LogP contribution in [0, 0.1) is 5.92 Å². The van der Waals surface area contributed by atoms with Crippen LogP contribution in [0.2, 0.25) is 5.02 Å². The Kier molecular flexibility index (Phi) is 6.02. The molecule has 2 aromatic carbocycles. The van der Waals surface area contributed by atoms with Gasteiger partial charge in [-0.15, -0.1) is 11.3 Å². The van der Waals surface area contributed by atoms with Gasteiger partial charge in [-0.1, -0.05) is 23.7 Å². The molecule has 7 nitrogen and oxygen atoms in total. The number of sulfonamides is 1. The molecule has 0 fully saturated rings. The number of carbonyl (C=O) groups excluding carboxylic acids is 1. The normalized spacial score (nSPS) is 15.9. The van der Waals surface area contributed by atoms with Crippen molar-refractivity contribution in [2.45, 2.75) is 11.3 Å². The molecule has 31 heavy (non-hydrogen) atoms. The van der Waals surface area contributed by atoms with Gasteiger partial charge in [0.25, 0.3) is 0 Å². The van der Waals surface area contributed by atoms with Crippen LogP contribution in [0.1, 0.15) is 5.56 Å². The molecule has 10 heteroatoms. The Labute approximate surface area is 189 Å². The summed E-state index contributed by atoms with van der Waals surface area (Å²) in [5.41, 5.74) is 2.33. The zero-order valence-electron chi connectivity index (χ0n) is 16.8. The summed E-state index contributed by atoms with van der Waals surface area (Å²) in [5, 5.41) is 5.75. The number of anilines is 1. The second-order valence-corrected chi connectivity index (χ2v) is 10.7. The van der Waals surface area contributed by atoms with Gasteiger partial charge in [0, 0.05) is 30.1 Å². The van der Waals surface area contributed by atoms with Crippen LogP contribution in [-0.4, -0.2) is 44.3 Å². The molecule has 0 saturated carbocycles. The maximum atomic E-state index is 12.7. The number of hydrogen-bond acceptors (Lipinski definition) is 6. The number of fused-ring (bicyclic) bond motifs is 1. The van der Waals surface area contributed by atoms with E-state index >= 15 is 0 Å². The van der Waals surface area contributed by atoms with Crippen molar-refractivity contribution >= 4 is 44.0 Å².